The highest BCUT2D eigenvalue weighted by Crippen LogP contribution is 2.40. The summed E-state index contributed by atoms with van der Waals surface area (Å²) in [6.45, 7) is 8.72. The molecule has 302 valence electrons. The highest BCUT2D eigenvalue weighted by molar-refractivity contribution is 7.17. The van der Waals surface area contributed by atoms with E-state index in [0.29, 0.717) is 29.8 Å². The zero-order valence-electron chi connectivity index (χ0n) is 32.8. The van der Waals surface area contributed by atoms with E-state index >= 15 is 0 Å². The molecular weight excluding hydrogens is 770 g/mol. The maximum Gasteiger partial charge on any atom is 0.407 e. The number of carbonyl (C=O) groups excluding carboxylic acids is 4. The van der Waals surface area contributed by atoms with Gasteiger partial charge in [0.15, 0.2) is 0 Å². The topological polar surface area (TPSA) is 180 Å². The number of alkyl carbamates (subject to hydrolysis) is 2. The average Bonchev–Trinajstić information content (AvgIpc) is 4.04. The number of nitrogens with zero attached hydrogens (tertiary/aromatic N) is 5. The van der Waals surface area contributed by atoms with Gasteiger partial charge in [0.1, 0.15) is 28.6 Å². The largest absolute Gasteiger partial charge is 0.453 e. The second-order valence-electron chi connectivity index (χ2n) is 15.2. The van der Waals surface area contributed by atoms with Gasteiger partial charge in [-0.15, -0.1) is 11.3 Å². The van der Waals surface area contributed by atoms with E-state index in [2.05, 4.69) is 41.6 Å². The summed E-state index contributed by atoms with van der Waals surface area (Å²) in [4.78, 5) is 72.1. The lowest BCUT2D eigenvalue weighted by molar-refractivity contribution is -0.136. The number of aromatic nitrogens is 5. The number of hydrogen-bond donors (Lipinski definition) is 4. The van der Waals surface area contributed by atoms with Crippen molar-refractivity contribution in [3.8, 4) is 28.2 Å². The number of methoxy groups -OCH3 is 2. The fraction of sp³-hybridized carbons (Fsp3) is 0.450. The Morgan fingerprint density at radius 1 is 0.825 bits per heavy atom. The summed E-state index contributed by atoms with van der Waals surface area (Å²) in [6.07, 6.45) is 7.47. The number of fused-ring (bicyclic) bond motifs is 1. The van der Waals surface area contributed by atoms with Crippen LogP contribution in [0.2, 0.25) is 5.02 Å². The third-order valence-electron chi connectivity index (χ3n) is 10.9. The molecule has 4 atom stereocenters. The van der Waals surface area contributed by atoms with E-state index in [9.17, 15) is 19.2 Å². The SMILES string of the molecule is COC(=O)N[C@H](C(=O)N1CCCC1c1ncc(-c2csc3c2ccn3-c2ccc(-c3cnc([C@@H]4CCCN4C(=O)[C@H](NC(=O)OC)C(C)C)[nH]3)cc2Cl)[nH]1)C(C)C. The predicted octanol–water partition coefficient (Wildman–Crippen LogP) is 7.21. The standard InChI is InChI=1S/C40H48ClN9O6S/c1-21(2)32(46-39(53)55-5)36(51)48-14-7-9-30(48)34-42-18-27(44-34)23-11-12-29(26(41)17-23)50-16-13-24-25(20-57-38(24)50)28-19-43-35(45-28)31-10-8-15-49(31)37(52)33(22(3)4)47-40(54)56-6/h11-13,16-22,30-33H,7-10,14-15H2,1-6H3,(H,42,44)(H,43,45)(H,46,53)(H,47,54)/t30-,31?,32+,33-/m0/s1. The molecule has 1 unspecified atom stereocenters. The van der Waals surface area contributed by atoms with Crippen LogP contribution in [0, 0.1) is 11.8 Å². The van der Waals surface area contributed by atoms with Crippen LogP contribution >= 0.6 is 22.9 Å². The molecule has 5 aromatic rings. The van der Waals surface area contributed by atoms with Gasteiger partial charge in [0, 0.05) is 41.2 Å². The second-order valence-corrected chi connectivity index (χ2v) is 16.4. The second kappa shape index (κ2) is 16.6. The van der Waals surface area contributed by atoms with E-state index in [0.717, 1.165) is 64.1 Å². The van der Waals surface area contributed by atoms with Crippen LogP contribution in [-0.4, -0.2) is 97.7 Å². The lowest BCUT2D eigenvalue weighted by Crippen LogP contribution is -2.51. The van der Waals surface area contributed by atoms with E-state index in [1.807, 2.05) is 58.3 Å². The molecule has 57 heavy (non-hydrogen) atoms. The Bertz CT molecular complexity index is 2280. The Balaban J connectivity index is 1.07. The highest BCUT2D eigenvalue weighted by atomic mass is 35.5. The minimum atomic E-state index is -0.711. The van der Waals surface area contributed by atoms with Crippen LogP contribution in [0.3, 0.4) is 0 Å². The summed E-state index contributed by atoms with van der Waals surface area (Å²) >= 11 is 8.58. The minimum absolute atomic E-state index is 0.120. The van der Waals surface area contributed by atoms with Gasteiger partial charge in [-0.25, -0.2) is 19.6 Å². The summed E-state index contributed by atoms with van der Waals surface area (Å²) in [5.74, 6) is 0.828. The van der Waals surface area contributed by atoms with E-state index in [1.165, 1.54) is 14.2 Å². The molecule has 2 aliphatic heterocycles. The van der Waals surface area contributed by atoms with Crippen molar-refractivity contribution < 1.29 is 28.7 Å². The van der Waals surface area contributed by atoms with Gasteiger partial charge in [-0.05, 0) is 55.7 Å². The van der Waals surface area contributed by atoms with E-state index in [4.69, 9.17) is 26.1 Å². The number of nitrogens with one attached hydrogen (secondary N) is 4. The molecule has 17 heteroatoms. The number of thiophene rings is 1. The Morgan fingerprint density at radius 2 is 1.37 bits per heavy atom. The van der Waals surface area contributed by atoms with Crippen molar-refractivity contribution in [3.05, 3.63) is 64.9 Å². The van der Waals surface area contributed by atoms with Crippen molar-refractivity contribution >= 4 is 57.2 Å². The van der Waals surface area contributed by atoms with Gasteiger partial charge in [-0.2, -0.15) is 0 Å². The van der Waals surface area contributed by atoms with Crippen LogP contribution in [0.25, 0.3) is 38.4 Å². The number of benzene rings is 1. The van der Waals surface area contributed by atoms with Crippen molar-refractivity contribution in [1.29, 1.82) is 0 Å². The number of H-pyrrole nitrogens is 2. The Hall–Kier alpha value is -5.35. The monoisotopic (exact) mass is 817 g/mol. The van der Waals surface area contributed by atoms with Gasteiger partial charge >= 0.3 is 12.2 Å². The maximum atomic E-state index is 13.6. The molecule has 4 aromatic heterocycles. The number of likely N-dealkylation sites (tertiary alicyclic amines) is 2. The Morgan fingerprint density at radius 3 is 1.89 bits per heavy atom. The Labute approximate surface area is 339 Å². The molecule has 15 nitrogen and oxygen atoms in total. The van der Waals surface area contributed by atoms with E-state index in [-0.39, 0.29) is 35.7 Å². The molecule has 2 saturated heterocycles. The normalized spacial score (nSPS) is 18.1. The molecule has 4 amide bonds. The summed E-state index contributed by atoms with van der Waals surface area (Å²) in [7, 11) is 2.57. The van der Waals surface area contributed by atoms with Crippen molar-refractivity contribution in [2.75, 3.05) is 27.3 Å². The Kier molecular flexibility index (Phi) is 11.6. The number of hydrogen-bond acceptors (Lipinski definition) is 9. The first kappa shape index (κ1) is 39.9. The number of amides is 4. The molecule has 2 aliphatic rings. The first-order chi connectivity index (χ1) is 27.4. The van der Waals surface area contributed by atoms with Crippen molar-refractivity contribution in [1.82, 2.24) is 44.9 Å². The van der Waals surface area contributed by atoms with Gasteiger partial charge in [0.2, 0.25) is 11.8 Å². The molecular formula is C40H48ClN9O6S. The lowest BCUT2D eigenvalue weighted by Gasteiger charge is -2.30. The zero-order chi connectivity index (χ0) is 40.5. The quantitative estimate of drug-likeness (QED) is 0.108. The molecule has 0 aliphatic carbocycles. The van der Waals surface area contributed by atoms with Crippen molar-refractivity contribution in [2.24, 2.45) is 11.8 Å². The minimum Gasteiger partial charge on any atom is -0.453 e. The number of rotatable bonds is 11. The van der Waals surface area contributed by atoms with Crippen molar-refractivity contribution in [3.63, 3.8) is 0 Å². The zero-order valence-corrected chi connectivity index (χ0v) is 34.4. The number of aromatic amines is 2. The smallest absolute Gasteiger partial charge is 0.407 e. The van der Waals surface area contributed by atoms with Gasteiger partial charge in [0.05, 0.1) is 60.8 Å². The van der Waals surface area contributed by atoms with Crippen LogP contribution in [0.15, 0.2) is 48.2 Å². The summed E-state index contributed by atoms with van der Waals surface area (Å²) in [5.41, 5.74) is 4.29. The number of imidazole rings is 2. The van der Waals surface area contributed by atoms with Crippen LogP contribution in [0.5, 0.6) is 0 Å². The molecule has 4 N–H and O–H groups in total. The first-order valence-electron chi connectivity index (χ1n) is 19.2. The van der Waals surface area contributed by atoms with Gasteiger partial charge in [-0.3, -0.25) is 9.59 Å². The molecule has 2 fully saturated rings. The fourth-order valence-electron chi connectivity index (χ4n) is 7.87. The average molecular weight is 818 g/mol. The van der Waals surface area contributed by atoms with Crippen molar-refractivity contribution in [2.45, 2.75) is 77.5 Å². The number of halogens is 1. The fourth-order valence-corrected chi connectivity index (χ4v) is 9.20. The summed E-state index contributed by atoms with van der Waals surface area (Å²) < 4.78 is 11.6. The molecule has 6 heterocycles. The first-order valence-corrected chi connectivity index (χ1v) is 20.4. The third kappa shape index (κ3) is 7.84. The van der Waals surface area contributed by atoms with Gasteiger partial charge in [0.25, 0.3) is 0 Å². The van der Waals surface area contributed by atoms with Crippen LogP contribution in [-0.2, 0) is 19.1 Å². The summed E-state index contributed by atoms with van der Waals surface area (Å²) in [6, 6.07) is 6.03. The predicted molar refractivity (Wildman–Crippen MR) is 217 cm³/mol. The van der Waals surface area contributed by atoms with Crippen LogP contribution in [0.1, 0.15) is 77.1 Å². The summed E-state index contributed by atoms with van der Waals surface area (Å²) in [5, 5.41) is 9.07. The molecule has 0 radical (unpaired) electrons. The van der Waals surface area contributed by atoms with E-state index in [1.54, 1.807) is 27.3 Å². The van der Waals surface area contributed by atoms with Gasteiger partial charge in [-0.1, -0.05) is 45.4 Å². The number of carbonyl (C=O) groups is 4. The molecule has 0 spiro atoms. The molecule has 1 aromatic carbocycles. The third-order valence-corrected chi connectivity index (χ3v) is 12.2. The van der Waals surface area contributed by atoms with E-state index < -0.39 is 24.3 Å². The molecule has 7 rings (SSSR count). The van der Waals surface area contributed by atoms with Gasteiger partial charge < -0.3 is 44.4 Å². The number of ether oxygens (including phenoxy) is 2. The van der Waals surface area contributed by atoms with Crippen LogP contribution in [0.4, 0.5) is 9.59 Å². The lowest BCUT2D eigenvalue weighted by atomic mass is 10.0. The molecule has 0 bridgehead atoms. The molecule has 0 saturated carbocycles. The highest BCUT2D eigenvalue weighted by Gasteiger charge is 2.39. The van der Waals surface area contributed by atoms with Crippen LogP contribution < -0.4 is 10.6 Å². The maximum absolute atomic E-state index is 13.6.